The van der Waals surface area contributed by atoms with Gasteiger partial charge in [0, 0.05) is 4.90 Å². The smallest absolute Gasteiger partial charge is 0.0154 e. The molecule has 18 heavy (non-hydrogen) atoms. The highest BCUT2D eigenvalue weighted by atomic mass is 32.2. The van der Waals surface area contributed by atoms with Crippen LogP contribution in [0, 0.1) is 0 Å². The van der Waals surface area contributed by atoms with Gasteiger partial charge in [0.15, 0.2) is 0 Å². The molecule has 0 fully saturated rings. The van der Waals surface area contributed by atoms with E-state index >= 15 is 0 Å². The van der Waals surface area contributed by atoms with Gasteiger partial charge in [0.25, 0.3) is 0 Å². The Bertz CT molecular complexity index is 437. The van der Waals surface area contributed by atoms with E-state index in [-0.39, 0.29) is 10.8 Å². The highest BCUT2D eigenvalue weighted by molar-refractivity contribution is 8.02. The van der Waals surface area contributed by atoms with Crippen molar-refractivity contribution in [3.8, 4) is 0 Å². The quantitative estimate of drug-likeness (QED) is 0.598. The van der Waals surface area contributed by atoms with Gasteiger partial charge in [-0.3, -0.25) is 0 Å². The molecular formula is C17H24S. The SMILES string of the molecule is CC(C)(C)c1cc2c(cc1C(C)(C)C)SC=CC2. The molecule has 0 atom stereocenters. The summed E-state index contributed by atoms with van der Waals surface area (Å²) in [6, 6.07) is 4.86. The van der Waals surface area contributed by atoms with E-state index in [4.69, 9.17) is 0 Å². The molecule has 0 nitrogen and oxygen atoms in total. The van der Waals surface area contributed by atoms with Gasteiger partial charge in [0.1, 0.15) is 0 Å². The van der Waals surface area contributed by atoms with Gasteiger partial charge in [-0.2, -0.15) is 0 Å². The topological polar surface area (TPSA) is 0 Å². The standard InChI is InChI=1S/C17H24S/c1-16(2,3)13-10-12-8-7-9-18-15(12)11-14(13)17(4,5)6/h7,9-11H,8H2,1-6H3. The summed E-state index contributed by atoms with van der Waals surface area (Å²) < 4.78 is 0. The van der Waals surface area contributed by atoms with Crippen LogP contribution in [0.15, 0.2) is 28.5 Å². The minimum Gasteiger partial charge on any atom is -0.0981 e. The molecule has 1 aliphatic rings. The molecule has 2 rings (SSSR count). The molecule has 0 aromatic heterocycles. The Morgan fingerprint density at radius 3 is 2.00 bits per heavy atom. The minimum atomic E-state index is 0.208. The zero-order chi connectivity index (χ0) is 13.6. The Morgan fingerprint density at radius 2 is 1.44 bits per heavy atom. The van der Waals surface area contributed by atoms with Crippen molar-refractivity contribution >= 4 is 11.8 Å². The van der Waals surface area contributed by atoms with Crippen molar-refractivity contribution in [2.75, 3.05) is 0 Å². The molecule has 0 unspecified atom stereocenters. The van der Waals surface area contributed by atoms with Crippen LogP contribution in [0.5, 0.6) is 0 Å². The molecular weight excluding hydrogens is 236 g/mol. The normalized spacial score (nSPS) is 15.7. The monoisotopic (exact) mass is 260 g/mol. The highest BCUT2D eigenvalue weighted by Crippen LogP contribution is 2.40. The maximum absolute atomic E-state index is 2.44. The summed E-state index contributed by atoms with van der Waals surface area (Å²) in [4.78, 5) is 1.44. The number of rotatable bonds is 0. The minimum absolute atomic E-state index is 0.208. The van der Waals surface area contributed by atoms with Crippen LogP contribution in [-0.2, 0) is 17.3 Å². The van der Waals surface area contributed by atoms with Gasteiger partial charge in [-0.1, -0.05) is 65.4 Å². The van der Waals surface area contributed by atoms with Crippen molar-refractivity contribution in [3.63, 3.8) is 0 Å². The number of benzene rings is 1. The molecule has 0 saturated carbocycles. The van der Waals surface area contributed by atoms with E-state index in [1.165, 1.54) is 21.6 Å². The molecule has 98 valence electrons. The van der Waals surface area contributed by atoms with Gasteiger partial charge in [0.05, 0.1) is 0 Å². The Balaban J connectivity index is 2.64. The fraction of sp³-hybridized carbons (Fsp3) is 0.529. The van der Waals surface area contributed by atoms with Crippen LogP contribution < -0.4 is 0 Å². The third kappa shape index (κ3) is 2.66. The maximum atomic E-state index is 2.44. The van der Waals surface area contributed by atoms with E-state index in [0.717, 1.165) is 6.42 Å². The molecule has 1 heteroatoms. The van der Waals surface area contributed by atoms with E-state index < -0.39 is 0 Å². The van der Waals surface area contributed by atoms with Crippen LogP contribution in [0.25, 0.3) is 0 Å². The van der Waals surface area contributed by atoms with Gasteiger partial charge < -0.3 is 0 Å². The lowest BCUT2D eigenvalue weighted by molar-refractivity contribution is 0.528. The van der Waals surface area contributed by atoms with Crippen molar-refractivity contribution in [1.29, 1.82) is 0 Å². The lowest BCUT2D eigenvalue weighted by Crippen LogP contribution is -2.22. The summed E-state index contributed by atoms with van der Waals surface area (Å²) in [5, 5.41) is 2.21. The van der Waals surface area contributed by atoms with Gasteiger partial charge in [-0.05, 0) is 45.4 Å². The van der Waals surface area contributed by atoms with Crippen LogP contribution >= 0.6 is 11.8 Å². The maximum Gasteiger partial charge on any atom is 0.0154 e. The fourth-order valence-corrected chi connectivity index (χ4v) is 3.25. The first-order valence-electron chi connectivity index (χ1n) is 6.69. The summed E-state index contributed by atoms with van der Waals surface area (Å²) in [5.74, 6) is 0. The summed E-state index contributed by atoms with van der Waals surface area (Å²) in [7, 11) is 0. The fourth-order valence-electron chi connectivity index (χ4n) is 2.43. The summed E-state index contributed by atoms with van der Waals surface area (Å²) in [5.41, 5.74) is 4.91. The number of thioether (sulfide) groups is 1. The van der Waals surface area contributed by atoms with Crippen LogP contribution in [0.4, 0.5) is 0 Å². The Morgan fingerprint density at radius 1 is 0.889 bits per heavy atom. The van der Waals surface area contributed by atoms with E-state index in [2.05, 4.69) is 65.2 Å². The van der Waals surface area contributed by atoms with Crippen LogP contribution in [0.1, 0.15) is 58.2 Å². The van der Waals surface area contributed by atoms with Crippen molar-refractivity contribution in [1.82, 2.24) is 0 Å². The molecule has 0 aliphatic carbocycles. The van der Waals surface area contributed by atoms with Crippen molar-refractivity contribution in [2.45, 2.75) is 63.7 Å². The second-order valence-corrected chi connectivity index (χ2v) is 8.15. The predicted molar refractivity (Wildman–Crippen MR) is 82.5 cm³/mol. The zero-order valence-corrected chi connectivity index (χ0v) is 13.2. The molecule has 0 amide bonds. The van der Waals surface area contributed by atoms with E-state index in [1.54, 1.807) is 0 Å². The van der Waals surface area contributed by atoms with E-state index in [9.17, 15) is 0 Å². The number of hydrogen-bond acceptors (Lipinski definition) is 1. The molecule has 1 aromatic rings. The largest absolute Gasteiger partial charge is 0.0981 e. The van der Waals surface area contributed by atoms with Gasteiger partial charge in [0.2, 0.25) is 0 Å². The predicted octanol–water partition coefficient (Wildman–Crippen LogP) is 5.44. The first kappa shape index (κ1) is 13.7. The molecule has 0 spiro atoms. The molecule has 0 N–H and O–H groups in total. The van der Waals surface area contributed by atoms with Crippen LogP contribution in [0.3, 0.4) is 0 Å². The van der Waals surface area contributed by atoms with Crippen molar-refractivity contribution < 1.29 is 0 Å². The molecule has 1 aliphatic heterocycles. The summed E-state index contributed by atoms with van der Waals surface area (Å²) in [6.45, 7) is 13.9. The van der Waals surface area contributed by atoms with E-state index in [1.807, 2.05) is 11.8 Å². The van der Waals surface area contributed by atoms with Crippen LogP contribution in [-0.4, -0.2) is 0 Å². The molecule has 0 bridgehead atoms. The first-order chi connectivity index (χ1) is 8.19. The first-order valence-corrected chi connectivity index (χ1v) is 7.57. The Labute approximate surface area is 116 Å². The average Bonchev–Trinajstić information content (AvgIpc) is 2.25. The number of allylic oxidation sites excluding steroid dienone is 1. The second-order valence-electron chi connectivity index (χ2n) is 7.20. The van der Waals surface area contributed by atoms with Gasteiger partial charge >= 0.3 is 0 Å². The average molecular weight is 260 g/mol. The van der Waals surface area contributed by atoms with E-state index in [0.29, 0.717) is 0 Å². The third-order valence-electron chi connectivity index (χ3n) is 3.45. The Kier molecular flexibility index (Phi) is 3.40. The number of hydrogen-bond donors (Lipinski definition) is 0. The highest BCUT2D eigenvalue weighted by Gasteiger charge is 2.26. The molecule has 1 heterocycles. The van der Waals surface area contributed by atoms with Crippen molar-refractivity contribution in [3.05, 3.63) is 40.3 Å². The van der Waals surface area contributed by atoms with Gasteiger partial charge in [-0.25, -0.2) is 0 Å². The zero-order valence-electron chi connectivity index (χ0n) is 12.4. The number of fused-ring (bicyclic) bond motifs is 1. The molecule has 0 saturated heterocycles. The third-order valence-corrected chi connectivity index (χ3v) is 4.41. The summed E-state index contributed by atoms with van der Waals surface area (Å²) >= 11 is 1.86. The van der Waals surface area contributed by atoms with Crippen LogP contribution in [0.2, 0.25) is 0 Å². The van der Waals surface area contributed by atoms with Gasteiger partial charge in [-0.15, -0.1) is 0 Å². The lowest BCUT2D eigenvalue weighted by atomic mass is 9.74. The molecule has 0 radical (unpaired) electrons. The molecule has 1 aromatic carbocycles. The lowest BCUT2D eigenvalue weighted by Gasteiger charge is -2.32. The Hall–Kier alpha value is -0.690. The van der Waals surface area contributed by atoms with Crippen molar-refractivity contribution in [2.24, 2.45) is 0 Å². The summed E-state index contributed by atoms with van der Waals surface area (Å²) in [6.07, 6.45) is 3.34. The second kappa shape index (κ2) is 4.45.